The molecule has 1 fully saturated rings. The van der Waals surface area contributed by atoms with Gasteiger partial charge in [0.05, 0.1) is 17.1 Å². The van der Waals surface area contributed by atoms with Gasteiger partial charge < -0.3 is 10.5 Å². The molecule has 1 aromatic carbocycles. The summed E-state index contributed by atoms with van der Waals surface area (Å²) >= 11 is 5.97. The fourth-order valence-electron chi connectivity index (χ4n) is 2.34. The van der Waals surface area contributed by atoms with Gasteiger partial charge in [-0.25, -0.2) is 8.42 Å². The molecule has 1 aliphatic rings. The molecule has 1 saturated heterocycles. The van der Waals surface area contributed by atoms with Crippen LogP contribution in [0.1, 0.15) is 19.4 Å². The van der Waals surface area contributed by atoms with Gasteiger partial charge in [0.25, 0.3) is 0 Å². The van der Waals surface area contributed by atoms with Gasteiger partial charge in [-0.1, -0.05) is 11.6 Å². The molecular formula is C13H19ClN2O3S. The van der Waals surface area contributed by atoms with Crippen LogP contribution in [0.15, 0.2) is 23.1 Å². The minimum Gasteiger partial charge on any atom is -0.373 e. The first kappa shape index (κ1) is 15.7. The molecule has 1 aliphatic heterocycles. The van der Waals surface area contributed by atoms with Crippen molar-refractivity contribution in [3.63, 3.8) is 0 Å². The number of rotatable bonds is 3. The van der Waals surface area contributed by atoms with Crippen LogP contribution in [0.5, 0.6) is 0 Å². The molecule has 0 bridgehead atoms. The van der Waals surface area contributed by atoms with Crippen molar-refractivity contribution in [2.45, 2.75) is 37.5 Å². The largest absolute Gasteiger partial charge is 0.373 e. The summed E-state index contributed by atoms with van der Waals surface area (Å²) in [5, 5.41) is 0.482. The number of halogens is 1. The predicted molar refractivity (Wildman–Crippen MR) is 78.1 cm³/mol. The zero-order valence-corrected chi connectivity index (χ0v) is 13.1. The van der Waals surface area contributed by atoms with Crippen molar-refractivity contribution in [1.82, 2.24) is 4.31 Å². The van der Waals surface area contributed by atoms with E-state index in [2.05, 4.69) is 0 Å². The topological polar surface area (TPSA) is 72.6 Å². The number of nitrogens with zero attached hydrogens (tertiary/aromatic N) is 1. The van der Waals surface area contributed by atoms with Crippen molar-refractivity contribution in [3.05, 3.63) is 28.8 Å². The molecule has 2 atom stereocenters. The third-order valence-electron chi connectivity index (χ3n) is 3.26. The molecule has 0 unspecified atom stereocenters. The lowest BCUT2D eigenvalue weighted by atomic mass is 10.2. The number of hydrogen-bond donors (Lipinski definition) is 1. The van der Waals surface area contributed by atoms with E-state index in [0.717, 1.165) is 0 Å². The van der Waals surface area contributed by atoms with E-state index in [9.17, 15) is 8.42 Å². The summed E-state index contributed by atoms with van der Waals surface area (Å²) < 4.78 is 32.3. The van der Waals surface area contributed by atoms with Crippen molar-refractivity contribution in [2.24, 2.45) is 5.73 Å². The van der Waals surface area contributed by atoms with E-state index in [0.29, 0.717) is 23.7 Å². The molecule has 0 radical (unpaired) electrons. The van der Waals surface area contributed by atoms with Gasteiger partial charge in [-0.15, -0.1) is 0 Å². The molecule has 0 saturated carbocycles. The Bertz CT molecular complexity index is 581. The van der Waals surface area contributed by atoms with Crippen molar-refractivity contribution < 1.29 is 13.2 Å². The van der Waals surface area contributed by atoms with Gasteiger partial charge in [0.1, 0.15) is 0 Å². The summed E-state index contributed by atoms with van der Waals surface area (Å²) in [6.45, 7) is 4.65. The third kappa shape index (κ3) is 3.15. The molecule has 7 heteroatoms. The second-order valence-corrected chi connectivity index (χ2v) is 7.38. The molecule has 2 rings (SSSR count). The normalized spacial score (nSPS) is 24.8. The zero-order valence-electron chi connectivity index (χ0n) is 11.5. The molecule has 1 heterocycles. The number of hydrogen-bond acceptors (Lipinski definition) is 4. The van der Waals surface area contributed by atoms with E-state index in [1.165, 1.54) is 10.4 Å². The van der Waals surface area contributed by atoms with Crippen LogP contribution in [0.2, 0.25) is 5.02 Å². The quantitative estimate of drug-likeness (QED) is 0.918. The summed E-state index contributed by atoms with van der Waals surface area (Å²) in [5.74, 6) is 0. The average Bonchev–Trinajstić information content (AvgIpc) is 2.37. The smallest absolute Gasteiger partial charge is 0.243 e. The first-order valence-corrected chi connectivity index (χ1v) is 8.30. The lowest BCUT2D eigenvalue weighted by molar-refractivity contribution is -0.0440. The first-order chi connectivity index (χ1) is 9.34. The van der Waals surface area contributed by atoms with Gasteiger partial charge in [-0.3, -0.25) is 0 Å². The Labute approximate surface area is 124 Å². The predicted octanol–water partition coefficient (Wildman–Crippen LogP) is 1.60. The molecule has 0 aliphatic carbocycles. The number of sulfonamides is 1. The highest BCUT2D eigenvalue weighted by atomic mass is 35.5. The number of benzene rings is 1. The van der Waals surface area contributed by atoms with Crippen molar-refractivity contribution in [3.8, 4) is 0 Å². The molecule has 2 N–H and O–H groups in total. The van der Waals surface area contributed by atoms with Gasteiger partial charge in [0.2, 0.25) is 10.0 Å². The highest BCUT2D eigenvalue weighted by molar-refractivity contribution is 7.89. The molecule has 0 spiro atoms. The number of morpholine rings is 1. The minimum atomic E-state index is -3.54. The van der Waals surface area contributed by atoms with Crippen LogP contribution in [0.4, 0.5) is 0 Å². The van der Waals surface area contributed by atoms with Gasteiger partial charge in [0, 0.05) is 24.7 Å². The lowest BCUT2D eigenvalue weighted by Crippen LogP contribution is -2.48. The SMILES string of the molecule is C[C@@H]1CN(S(=O)(=O)c2ccc(Cl)c(CN)c2)C[C@H](C)O1. The summed E-state index contributed by atoms with van der Waals surface area (Å²) in [6, 6.07) is 4.63. The van der Waals surface area contributed by atoms with E-state index in [4.69, 9.17) is 22.1 Å². The van der Waals surface area contributed by atoms with Gasteiger partial charge in [-0.05, 0) is 37.6 Å². The molecule has 0 amide bonds. The van der Waals surface area contributed by atoms with Crippen molar-refractivity contribution in [1.29, 1.82) is 0 Å². The maximum atomic E-state index is 12.6. The Morgan fingerprint density at radius 3 is 2.50 bits per heavy atom. The minimum absolute atomic E-state index is 0.116. The molecule has 0 aromatic heterocycles. The Balaban J connectivity index is 2.34. The number of ether oxygens (including phenoxy) is 1. The number of nitrogens with two attached hydrogens (primary N) is 1. The maximum absolute atomic E-state index is 12.6. The standard InChI is InChI=1S/C13H19ClN2O3S/c1-9-7-16(8-10(2)19-9)20(17,18)12-3-4-13(14)11(5-12)6-15/h3-5,9-10H,6-8,15H2,1-2H3/t9-,10+. The van der Waals surface area contributed by atoms with Crippen molar-refractivity contribution >= 4 is 21.6 Å². The van der Waals surface area contributed by atoms with Crippen LogP contribution in [0.25, 0.3) is 0 Å². The van der Waals surface area contributed by atoms with Crippen LogP contribution in [-0.4, -0.2) is 38.0 Å². The molecule has 20 heavy (non-hydrogen) atoms. The van der Waals surface area contributed by atoms with E-state index < -0.39 is 10.0 Å². The fraction of sp³-hybridized carbons (Fsp3) is 0.538. The Hall–Kier alpha value is -0.660. The first-order valence-electron chi connectivity index (χ1n) is 6.48. The third-order valence-corrected chi connectivity index (χ3v) is 5.46. The Kier molecular flexibility index (Phi) is 4.71. The van der Waals surface area contributed by atoms with E-state index in [-0.39, 0.29) is 23.6 Å². The van der Waals surface area contributed by atoms with Crippen molar-refractivity contribution in [2.75, 3.05) is 13.1 Å². The second kappa shape index (κ2) is 5.99. The summed E-state index contributed by atoms with van der Waals surface area (Å²) in [5.41, 5.74) is 6.20. The zero-order chi connectivity index (χ0) is 14.9. The van der Waals surface area contributed by atoms with Crippen LogP contribution in [-0.2, 0) is 21.3 Å². The maximum Gasteiger partial charge on any atom is 0.243 e. The monoisotopic (exact) mass is 318 g/mol. The van der Waals surface area contributed by atoms with E-state index in [1.807, 2.05) is 13.8 Å². The summed E-state index contributed by atoms with van der Waals surface area (Å²) in [6.07, 6.45) is -0.232. The lowest BCUT2D eigenvalue weighted by Gasteiger charge is -2.34. The van der Waals surface area contributed by atoms with Gasteiger partial charge in [0.15, 0.2) is 0 Å². The molecule has 5 nitrogen and oxygen atoms in total. The average molecular weight is 319 g/mol. The fourth-order valence-corrected chi connectivity index (χ4v) is 4.18. The Morgan fingerprint density at radius 1 is 1.35 bits per heavy atom. The highest BCUT2D eigenvalue weighted by Crippen LogP contribution is 2.25. The second-order valence-electron chi connectivity index (χ2n) is 5.04. The van der Waals surface area contributed by atoms with Crippen LogP contribution >= 0.6 is 11.6 Å². The van der Waals surface area contributed by atoms with Crippen LogP contribution < -0.4 is 5.73 Å². The van der Waals surface area contributed by atoms with Gasteiger partial charge in [-0.2, -0.15) is 4.31 Å². The van der Waals surface area contributed by atoms with Crippen LogP contribution in [0, 0.1) is 0 Å². The molecule has 112 valence electrons. The Morgan fingerprint density at radius 2 is 1.95 bits per heavy atom. The highest BCUT2D eigenvalue weighted by Gasteiger charge is 2.32. The molecule has 1 aromatic rings. The van der Waals surface area contributed by atoms with E-state index in [1.54, 1.807) is 12.1 Å². The molecular weight excluding hydrogens is 300 g/mol. The summed E-state index contributed by atoms with van der Waals surface area (Å²) in [7, 11) is -3.54. The van der Waals surface area contributed by atoms with E-state index >= 15 is 0 Å². The summed E-state index contributed by atoms with van der Waals surface area (Å²) in [4.78, 5) is 0.226. The van der Waals surface area contributed by atoms with Gasteiger partial charge >= 0.3 is 0 Å². The van der Waals surface area contributed by atoms with Crippen LogP contribution in [0.3, 0.4) is 0 Å².